The van der Waals surface area contributed by atoms with Gasteiger partial charge in [0, 0.05) is 17.3 Å². The van der Waals surface area contributed by atoms with E-state index in [1.165, 1.54) is 20.8 Å². The molecule has 0 bridgehead atoms. The van der Waals surface area contributed by atoms with Gasteiger partial charge >= 0.3 is 6.09 Å². The zero-order chi connectivity index (χ0) is 26.2. The lowest BCUT2D eigenvalue weighted by molar-refractivity contribution is -0.152. The van der Waals surface area contributed by atoms with Crippen LogP contribution in [0.25, 0.3) is 10.9 Å². The molecule has 3 aromatic rings. The highest BCUT2D eigenvalue weighted by Crippen LogP contribution is 2.18. The Morgan fingerprint density at radius 2 is 1.69 bits per heavy atom. The van der Waals surface area contributed by atoms with Crippen molar-refractivity contribution in [3.63, 3.8) is 0 Å². The van der Waals surface area contributed by atoms with Crippen LogP contribution >= 0.6 is 0 Å². The lowest BCUT2D eigenvalue weighted by Gasteiger charge is -2.30. The monoisotopic (exact) mass is 491 g/mol. The minimum absolute atomic E-state index is 0.0101. The fourth-order valence-corrected chi connectivity index (χ4v) is 3.44. The predicted octanol–water partition coefficient (Wildman–Crippen LogP) is 2.58. The summed E-state index contributed by atoms with van der Waals surface area (Å²) in [5, 5.41) is 5.93. The van der Waals surface area contributed by atoms with E-state index in [2.05, 4.69) is 15.6 Å². The van der Waals surface area contributed by atoms with Crippen LogP contribution in [0, 0.1) is 0 Å². The van der Waals surface area contributed by atoms with E-state index in [0.717, 1.165) is 21.4 Å². The van der Waals surface area contributed by atoms with Gasteiger partial charge in [0.15, 0.2) is 0 Å². The van der Waals surface area contributed by atoms with Crippen LogP contribution in [0.5, 0.6) is 0 Å². The molecular formula is C26H29N5O5. The molecule has 0 radical (unpaired) electrons. The molecule has 0 fully saturated rings. The van der Waals surface area contributed by atoms with Crippen molar-refractivity contribution in [3.05, 3.63) is 72.4 Å². The van der Waals surface area contributed by atoms with Crippen LogP contribution in [0.3, 0.4) is 0 Å². The number of imide groups is 1. The number of pyridine rings is 1. The number of amides is 4. The lowest BCUT2D eigenvalue weighted by Crippen LogP contribution is -2.58. The van der Waals surface area contributed by atoms with Crippen molar-refractivity contribution in [1.29, 1.82) is 0 Å². The quantitative estimate of drug-likeness (QED) is 0.439. The third-order valence-corrected chi connectivity index (χ3v) is 5.42. The summed E-state index contributed by atoms with van der Waals surface area (Å²) in [5.74, 6) is -2.14. The molecule has 10 nitrogen and oxygen atoms in total. The summed E-state index contributed by atoms with van der Waals surface area (Å²) in [4.78, 5) is 56.2. The molecule has 2 aromatic carbocycles. The number of hydrogen-bond acceptors (Lipinski definition) is 7. The van der Waals surface area contributed by atoms with Crippen LogP contribution in [0.4, 0.5) is 10.5 Å². The Kier molecular flexibility index (Phi) is 8.69. The standard InChI is InChI=1S/C26H29N5O5/c1-16(27)24(33)31(25(34)17(2)29-26(35)36-15-19-8-5-4-6-9-19)18(3)23(32)30-21-11-12-22-20(14-21)10-7-13-28-22/h4-14,16-18H,15,27H2,1-3H3,(H,29,35)(H,30,32)/t16-,17-,18-/m0/s1. The molecule has 0 spiro atoms. The van der Waals surface area contributed by atoms with Gasteiger partial charge in [0.05, 0.1) is 11.6 Å². The lowest BCUT2D eigenvalue weighted by atomic mass is 10.1. The van der Waals surface area contributed by atoms with Crippen molar-refractivity contribution < 1.29 is 23.9 Å². The van der Waals surface area contributed by atoms with Crippen molar-refractivity contribution in [2.75, 3.05) is 5.32 Å². The van der Waals surface area contributed by atoms with Gasteiger partial charge in [0.25, 0.3) is 5.91 Å². The number of hydrogen-bond donors (Lipinski definition) is 3. The maximum absolute atomic E-state index is 13.2. The number of carbonyl (C=O) groups is 4. The Morgan fingerprint density at radius 3 is 2.39 bits per heavy atom. The smallest absolute Gasteiger partial charge is 0.408 e. The second-order valence-corrected chi connectivity index (χ2v) is 8.34. The van der Waals surface area contributed by atoms with Crippen LogP contribution in [-0.4, -0.2) is 51.8 Å². The van der Waals surface area contributed by atoms with E-state index in [-0.39, 0.29) is 6.61 Å². The number of rotatable bonds is 8. The number of anilines is 1. The summed E-state index contributed by atoms with van der Waals surface area (Å²) in [6.45, 7) is 4.23. The normalized spacial score (nSPS) is 13.2. The summed E-state index contributed by atoms with van der Waals surface area (Å²) in [6.07, 6.45) is 0.827. The van der Waals surface area contributed by atoms with Gasteiger partial charge in [-0.2, -0.15) is 0 Å². The molecule has 0 saturated carbocycles. The second kappa shape index (κ2) is 11.9. The number of alkyl carbamates (subject to hydrolysis) is 1. The van der Waals surface area contributed by atoms with E-state index < -0.39 is 41.9 Å². The highest BCUT2D eigenvalue weighted by Gasteiger charge is 2.36. The topological polar surface area (TPSA) is 144 Å². The minimum atomic E-state index is -1.20. The zero-order valence-corrected chi connectivity index (χ0v) is 20.3. The van der Waals surface area contributed by atoms with Gasteiger partial charge in [-0.15, -0.1) is 0 Å². The number of nitrogens with two attached hydrogens (primary N) is 1. The largest absolute Gasteiger partial charge is 0.445 e. The van der Waals surface area contributed by atoms with Gasteiger partial charge < -0.3 is 21.1 Å². The van der Waals surface area contributed by atoms with Crippen LogP contribution < -0.4 is 16.4 Å². The maximum atomic E-state index is 13.2. The number of nitrogens with zero attached hydrogens (tertiary/aromatic N) is 2. The van der Waals surface area contributed by atoms with E-state index in [4.69, 9.17) is 10.5 Å². The summed E-state index contributed by atoms with van der Waals surface area (Å²) in [7, 11) is 0. The first kappa shape index (κ1) is 26.3. The maximum Gasteiger partial charge on any atom is 0.408 e. The van der Waals surface area contributed by atoms with Crippen molar-refractivity contribution in [1.82, 2.24) is 15.2 Å². The first-order valence-electron chi connectivity index (χ1n) is 11.4. The van der Waals surface area contributed by atoms with Gasteiger partial charge in [0.2, 0.25) is 11.8 Å². The number of benzene rings is 2. The Hall–Kier alpha value is -4.31. The van der Waals surface area contributed by atoms with E-state index in [0.29, 0.717) is 5.69 Å². The predicted molar refractivity (Wildman–Crippen MR) is 135 cm³/mol. The Bertz CT molecular complexity index is 1250. The molecule has 10 heteroatoms. The van der Waals surface area contributed by atoms with Gasteiger partial charge in [-0.05, 0) is 50.6 Å². The SMILES string of the molecule is C[C@H](N)C(=O)N(C(=O)[C@H](C)NC(=O)OCc1ccccc1)[C@@H](C)C(=O)Nc1ccc2ncccc2c1. The molecule has 36 heavy (non-hydrogen) atoms. The van der Waals surface area contributed by atoms with Crippen molar-refractivity contribution >= 4 is 40.4 Å². The van der Waals surface area contributed by atoms with E-state index in [1.54, 1.807) is 42.6 Å². The fraction of sp³-hybridized carbons (Fsp3) is 0.269. The van der Waals surface area contributed by atoms with E-state index in [9.17, 15) is 19.2 Å². The Balaban J connectivity index is 1.68. The Morgan fingerprint density at radius 1 is 0.972 bits per heavy atom. The number of aromatic nitrogens is 1. The molecule has 0 aliphatic heterocycles. The zero-order valence-electron chi connectivity index (χ0n) is 20.3. The van der Waals surface area contributed by atoms with Crippen molar-refractivity contribution in [2.24, 2.45) is 5.73 Å². The summed E-state index contributed by atoms with van der Waals surface area (Å²) in [6, 6.07) is 14.4. The number of fused-ring (bicyclic) bond motifs is 1. The molecule has 3 rings (SSSR count). The van der Waals surface area contributed by atoms with E-state index >= 15 is 0 Å². The van der Waals surface area contributed by atoms with Gasteiger partial charge in [0.1, 0.15) is 18.7 Å². The Labute approximate surface area is 208 Å². The molecule has 4 N–H and O–H groups in total. The number of nitrogens with one attached hydrogen (secondary N) is 2. The van der Waals surface area contributed by atoms with Gasteiger partial charge in [-0.3, -0.25) is 24.3 Å². The summed E-state index contributed by atoms with van der Waals surface area (Å²) >= 11 is 0. The molecule has 0 aliphatic carbocycles. The molecule has 0 saturated heterocycles. The van der Waals surface area contributed by atoms with E-state index in [1.807, 2.05) is 24.3 Å². The van der Waals surface area contributed by atoms with Crippen LogP contribution in [0.1, 0.15) is 26.3 Å². The average molecular weight is 492 g/mol. The molecule has 188 valence electrons. The van der Waals surface area contributed by atoms with Gasteiger partial charge in [-0.25, -0.2) is 4.79 Å². The first-order chi connectivity index (χ1) is 17.2. The average Bonchev–Trinajstić information content (AvgIpc) is 2.87. The van der Waals surface area contributed by atoms with Crippen molar-refractivity contribution in [2.45, 2.75) is 45.5 Å². The number of carbonyl (C=O) groups excluding carboxylic acids is 4. The molecule has 3 atom stereocenters. The molecule has 0 aliphatic rings. The second-order valence-electron chi connectivity index (χ2n) is 8.34. The molecule has 0 unspecified atom stereocenters. The molecule has 1 aromatic heterocycles. The third kappa shape index (κ3) is 6.63. The first-order valence-corrected chi connectivity index (χ1v) is 11.4. The molecule has 1 heterocycles. The van der Waals surface area contributed by atoms with Gasteiger partial charge in [-0.1, -0.05) is 36.4 Å². The fourth-order valence-electron chi connectivity index (χ4n) is 3.44. The molecule has 4 amide bonds. The molecular weight excluding hydrogens is 462 g/mol. The summed E-state index contributed by atoms with van der Waals surface area (Å²) in [5.41, 5.74) is 7.75. The van der Waals surface area contributed by atoms with Crippen LogP contribution in [0.15, 0.2) is 66.9 Å². The third-order valence-electron chi connectivity index (χ3n) is 5.42. The van der Waals surface area contributed by atoms with Crippen molar-refractivity contribution in [3.8, 4) is 0 Å². The van der Waals surface area contributed by atoms with Crippen LogP contribution in [0.2, 0.25) is 0 Å². The highest BCUT2D eigenvalue weighted by molar-refractivity contribution is 6.07. The summed E-state index contributed by atoms with van der Waals surface area (Å²) < 4.78 is 5.14. The van der Waals surface area contributed by atoms with Crippen LogP contribution in [-0.2, 0) is 25.7 Å². The minimum Gasteiger partial charge on any atom is -0.445 e. The highest BCUT2D eigenvalue weighted by atomic mass is 16.5. The number of ether oxygens (including phenoxy) is 1.